The number of nitrogens with zero attached hydrogens (tertiary/aromatic N) is 1. The van der Waals surface area contributed by atoms with Gasteiger partial charge in [-0.25, -0.2) is 8.42 Å². The second kappa shape index (κ2) is 10.2. The topological polar surface area (TPSA) is 84.9 Å². The molecule has 0 saturated carbocycles. The number of fused-ring (bicyclic) bond motifs is 2. The van der Waals surface area contributed by atoms with Crippen molar-refractivity contribution in [1.29, 1.82) is 0 Å². The van der Waals surface area contributed by atoms with Crippen LogP contribution in [0.15, 0.2) is 71.6 Å². The number of anilines is 1. The molecule has 0 bridgehead atoms. The Morgan fingerprint density at radius 2 is 1.76 bits per heavy atom. The SMILES string of the molecule is CCC1(CC)C[C@@H](NC(=O)[C@H]2CN(S(=O)(=O)c3ccc(C)cc3)c3cc(Cl)ccc3O2)c2ccccc2O1. The Morgan fingerprint density at radius 1 is 1.05 bits per heavy atom. The molecule has 3 aromatic rings. The zero-order chi connectivity index (χ0) is 27.1. The normalized spacial score (nSPS) is 19.9. The number of benzene rings is 3. The summed E-state index contributed by atoms with van der Waals surface area (Å²) in [6, 6.07) is 18.8. The van der Waals surface area contributed by atoms with Crippen LogP contribution in [0.3, 0.4) is 0 Å². The molecular formula is C29H31ClN2O5S. The number of halogens is 1. The number of amides is 1. The van der Waals surface area contributed by atoms with E-state index in [1.165, 1.54) is 4.31 Å². The minimum absolute atomic E-state index is 0.129. The van der Waals surface area contributed by atoms with E-state index in [1.807, 2.05) is 31.2 Å². The average Bonchev–Trinajstić information content (AvgIpc) is 2.92. The maximum Gasteiger partial charge on any atom is 0.264 e. The van der Waals surface area contributed by atoms with Crippen LogP contribution in [0.1, 0.15) is 50.3 Å². The summed E-state index contributed by atoms with van der Waals surface area (Å²) in [5.74, 6) is 0.638. The molecular weight excluding hydrogens is 524 g/mol. The highest BCUT2D eigenvalue weighted by Crippen LogP contribution is 2.43. The molecule has 0 aromatic heterocycles. The molecule has 0 unspecified atom stereocenters. The molecule has 200 valence electrons. The number of rotatable bonds is 6. The van der Waals surface area contributed by atoms with Crippen LogP contribution < -0.4 is 19.1 Å². The van der Waals surface area contributed by atoms with Gasteiger partial charge in [0.05, 0.1) is 23.2 Å². The maximum atomic E-state index is 13.7. The van der Waals surface area contributed by atoms with Gasteiger partial charge in [-0.2, -0.15) is 0 Å². The highest BCUT2D eigenvalue weighted by molar-refractivity contribution is 7.92. The van der Waals surface area contributed by atoms with Gasteiger partial charge in [0, 0.05) is 17.0 Å². The molecule has 5 rings (SSSR count). The smallest absolute Gasteiger partial charge is 0.264 e. The molecule has 3 aromatic carbocycles. The molecule has 38 heavy (non-hydrogen) atoms. The van der Waals surface area contributed by atoms with Crippen molar-refractivity contribution in [2.45, 2.75) is 62.7 Å². The van der Waals surface area contributed by atoms with Gasteiger partial charge in [0.25, 0.3) is 15.9 Å². The summed E-state index contributed by atoms with van der Waals surface area (Å²) < 4.78 is 41.1. The van der Waals surface area contributed by atoms with Crippen LogP contribution >= 0.6 is 11.6 Å². The van der Waals surface area contributed by atoms with Crippen molar-refractivity contribution in [2.24, 2.45) is 0 Å². The third-order valence-electron chi connectivity index (χ3n) is 7.49. The maximum absolute atomic E-state index is 13.7. The Hall–Kier alpha value is -3.23. The Balaban J connectivity index is 1.47. The molecule has 2 aliphatic heterocycles. The summed E-state index contributed by atoms with van der Waals surface area (Å²) in [6.07, 6.45) is 1.13. The number of ether oxygens (including phenoxy) is 2. The predicted octanol–water partition coefficient (Wildman–Crippen LogP) is 5.80. The van der Waals surface area contributed by atoms with Gasteiger partial charge in [-0.3, -0.25) is 9.10 Å². The van der Waals surface area contributed by atoms with Gasteiger partial charge in [-0.05, 0) is 56.2 Å². The van der Waals surface area contributed by atoms with Crippen LogP contribution in [0.25, 0.3) is 0 Å². The van der Waals surface area contributed by atoms with Crippen molar-refractivity contribution in [3.05, 3.63) is 82.9 Å². The number of hydrogen-bond acceptors (Lipinski definition) is 5. The number of carbonyl (C=O) groups is 1. The molecule has 1 N–H and O–H groups in total. The van der Waals surface area contributed by atoms with Gasteiger partial charge < -0.3 is 14.8 Å². The van der Waals surface area contributed by atoms with Gasteiger partial charge in [-0.1, -0.05) is 61.3 Å². The van der Waals surface area contributed by atoms with Crippen LogP contribution in [-0.4, -0.2) is 32.6 Å². The average molecular weight is 555 g/mol. The van der Waals surface area contributed by atoms with Gasteiger partial charge in [0.15, 0.2) is 6.10 Å². The molecule has 0 radical (unpaired) electrons. The molecule has 2 atom stereocenters. The summed E-state index contributed by atoms with van der Waals surface area (Å²) in [4.78, 5) is 13.8. The van der Waals surface area contributed by atoms with Gasteiger partial charge in [-0.15, -0.1) is 0 Å². The molecule has 2 heterocycles. The summed E-state index contributed by atoms with van der Waals surface area (Å²) in [6.45, 7) is 5.86. The number of carbonyl (C=O) groups excluding carboxylic acids is 1. The van der Waals surface area contributed by atoms with Gasteiger partial charge >= 0.3 is 0 Å². The van der Waals surface area contributed by atoms with Gasteiger partial charge in [0.1, 0.15) is 17.1 Å². The van der Waals surface area contributed by atoms with Crippen molar-refractivity contribution in [2.75, 3.05) is 10.8 Å². The van der Waals surface area contributed by atoms with Crippen molar-refractivity contribution < 1.29 is 22.7 Å². The molecule has 7 nitrogen and oxygen atoms in total. The van der Waals surface area contributed by atoms with Crippen LogP contribution in [0.5, 0.6) is 11.5 Å². The van der Waals surface area contributed by atoms with E-state index in [0.29, 0.717) is 17.1 Å². The lowest BCUT2D eigenvalue weighted by atomic mass is 9.83. The van der Waals surface area contributed by atoms with E-state index in [9.17, 15) is 13.2 Å². The van der Waals surface area contributed by atoms with Gasteiger partial charge in [0.2, 0.25) is 0 Å². The van der Waals surface area contributed by atoms with Crippen LogP contribution in [0, 0.1) is 6.92 Å². The highest BCUT2D eigenvalue weighted by Gasteiger charge is 2.42. The van der Waals surface area contributed by atoms with E-state index in [2.05, 4.69) is 19.2 Å². The first kappa shape index (κ1) is 26.4. The fourth-order valence-corrected chi connectivity index (χ4v) is 6.75. The summed E-state index contributed by atoms with van der Waals surface area (Å²) >= 11 is 6.22. The molecule has 0 fully saturated rings. The van der Waals surface area contributed by atoms with E-state index < -0.39 is 27.6 Å². The Kier molecular flexibility index (Phi) is 7.05. The van der Waals surface area contributed by atoms with Crippen LogP contribution in [0.4, 0.5) is 5.69 Å². The summed E-state index contributed by atoms with van der Waals surface area (Å²) in [5, 5.41) is 3.51. The summed E-state index contributed by atoms with van der Waals surface area (Å²) in [5.41, 5.74) is 1.74. The quantitative estimate of drug-likeness (QED) is 0.416. The Labute approximate surface area is 228 Å². The zero-order valence-electron chi connectivity index (χ0n) is 21.6. The highest BCUT2D eigenvalue weighted by atomic mass is 35.5. The van der Waals surface area contributed by atoms with Crippen molar-refractivity contribution in [3.8, 4) is 11.5 Å². The number of sulfonamides is 1. The lowest BCUT2D eigenvalue weighted by Crippen LogP contribution is -2.52. The Bertz CT molecular complexity index is 1450. The molecule has 9 heteroatoms. The van der Waals surface area contributed by atoms with Crippen LogP contribution in [-0.2, 0) is 14.8 Å². The van der Waals surface area contributed by atoms with Crippen molar-refractivity contribution in [1.82, 2.24) is 5.32 Å². The summed E-state index contributed by atoms with van der Waals surface area (Å²) in [7, 11) is -3.99. The minimum atomic E-state index is -3.99. The standard InChI is InChI=1S/C29H31ClN2O5S/c1-4-29(5-2)17-23(22-8-6-7-9-25(22)37-29)31-28(33)27-18-32(24-16-20(30)12-15-26(24)36-27)38(34,35)21-13-10-19(3)11-14-21/h6-16,23,27H,4-5,17-18H2,1-3H3,(H,31,33)/t23-,27-/m1/s1. The lowest BCUT2D eigenvalue weighted by Gasteiger charge is -2.42. The number of para-hydroxylation sites is 1. The minimum Gasteiger partial charge on any atom is -0.487 e. The van der Waals surface area contributed by atoms with Crippen LogP contribution in [0.2, 0.25) is 5.02 Å². The number of hydrogen-bond donors (Lipinski definition) is 1. The number of aryl methyl sites for hydroxylation is 1. The first-order chi connectivity index (χ1) is 18.2. The Morgan fingerprint density at radius 3 is 2.47 bits per heavy atom. The predicted molar refractivity (Wildman–Crippen MR) is 147 cm³/mol. The lowest BCUT2D eigenvalue weighted by molar-refractivity contribution is -0.129. The molecule has 0 saturated heterocycles. The fourth-order valence-electron chi connectivity index (χ4n) is 5.12. The molecule has 2 aliphatic rings. The largest absolute Gasteiger partial charge is 0.487 e. The zero-order valence-corrected chi connectivity index (χ0v) is 23.2. The van der Waals surface area contributed by atoms with E-state index in [4.69, 9.17) is 21.1 Å². The monoisotopic (exact) mass is 554 g/mol. The van der Waals surface area contributed by atoms with Crippen molar-refractivity contribution in [3.63, 3.8) is 0 Å². The fraction of sp³-hybridized carbons (Fsp3) is 0.345. The second-order valence-electron chi connectivity index (χ2n) is 9.86. The van der Waals surface area contributed by atoms with E-state index in [-0.39, 0.29) is 23.2 Å². The molecule has 0 spiro atoms. The molecule has 1 amide bonds. The van der Waals surface area contributed by atoms with E-state index >= 15 is 0 Å². The molecule has 0 aliphatic carbocycles. The van der Waals surface area contributed by atoms with E-state index in [0.717, 1.165) is 29.7 Å². The first-order valence-electron chi connectivity index (χ1n) is 12.8. The third-order valence-corrected chi connectivity index (χ3v) is 9.52. The number of nitrogens with one attached hydrogen (secondary N) is 1. The third kappa shape index (κ3) is 4.83. The second-order valence-corrected chi connectivity index (χ2v) is 12.2. The van der Waals surface area contributed by atoms with Crippen molar-refractivity contribution >= 4 is 33.2 Å². The first-order valence-corrected chi connectivity index (χ1v) is 14.6. The van der Waals surface area contributed by atoms with E-state index in [1.54, 1.807) is 42.5 Å².